The van der Waals surface area contributed by atoms with Gasteiger partial charge in [0.15, 0.2) is 0 Å². The van der Waals surface area contributed by atoms with Gasteiger partial charge in [-0.25, -0.2) is 9.37 Å². The van der Waals surface area contributed by atoms with E-state index in [1.165, 1.54) is 12.1 Å². The van der Waals surface area contributed by atoms with Crippen LogP contribution < -0.4 is 5.32 Å². The van der Waals surface area contributed by atoms with E-state index in [0.29, 0.717) is 22.5 Å². The third kappa shape index (κ3) is 2.75. The quantitative estimate of drug-likeness (QED) is 0.774. The van der Waals surface area contributed by atoms with E-state index in [4.69, 9.17) is 0 Å². The molecular formula is C20H16FN5O. The summed E-state index contributed by atoms with van der Waals surface area (Å²) >= 11 is 0. The third-order valence-electron chi connectivity index (χ3n) is 4.57. The van der Waals surface area contributed by atoms with Crippen LogP contribution in [0.15, 0.2) is 36.7 Å². The van der Waals surface area contributed by atoms with Crippen LogP contribution in [-0.2, 0) is 6.54 Å². The second-order valence-electron chi connectivity index (χ2n) is 6.64. The van der Waals surface area contributed by atoms with E-state index in [2.05, 4.69) is 15.4 Å². The van der Waals surface area contributed by atoms with Crippen molar-refractivity contribution in [2.75, 3.05) is 0 Å². The second-order valence-corrected chi connectivity index (χ2v) is 6.64. The van der Waals surface area contributed by atoms with Gasteiger partial charge in [-0.05, 0) is 32.0 Å². The Morgan fingerprint density at radius 1 is 1.33 bits per heavy atom. The summed E-state index contributed by atoms with van der Waals surface area (Å²) in [6, 6.07) is 8.17. The van der Waals surface area contributed by atoms with Gasteiger partial charge in [-0.3, -0.25) is 9.48 Å². The average molecular weight is 361 g/mol. The van der Waals surface area contributed by atoms with Crippen molar-refractivity contribution in [2.24, 2.45) is 0 Å². The van der Waals surface area contributed by atoms with E-state index >= 15 is 0 Å². The topological polar surface area (TPSA) is 83.6 Å². The molecular weight excluding hydrogens is 345 g/mol. The largest absolute Gasteiger partial charge is 0.346 e. The number of nitrogens with one attached hydrogen (secondary N) is 1. The van der Waals surface area contributed by atoms with E-state index in [1.807, 2.05) is 26.1 Å². The minimum Gasteiger partial charge on any atom is -0.346 e. The Balaban J connectivity index is 1.97. The number of aromatic nitrogens is 3. The lowest BCUT2D eigenvalue weighted by Gasteiger charge is -2.11. The van der Waals surface area contributed by atoms with Gasteiger partial charge in [0.05, 0.1) is 46.9 Å². The summed E-state index contributed by atoms with van der Waals surface area (Å²) in [5.74, 6) is -0.743. The lowest BCUT2D eigenvalue weighted by Crippen LogP contribution is -2.13. The van der Waals surface area contributed by atoms with Crippen LogP contribution >= 0.6 is 0 Å². The molecule has 0 unspecified atom stereocenters. The van der Waals surface area contributed by atoms with Crippen LogP contribution in [-0.4, -0.2) is 20.7 Å². The molecule has 134 valence electrons. The molecule has 6 nitrogen and oxygen atoms in total. The number of rotatable bonds is 3. The molecule has 1 N–H and O–H groups in total. The van der Waals surface area contributed by atoms with E-state index in [9.17, 15) is 14.4 Å². The number of halogens is 1. The van der Waals surface area contributed by atoms with Crippen molar-refractivity contribution < 1.29 is 9.18 Å². The number of benzene rings is 1. The molecule has 27 heavy (non-hydrogen) atoms. The Kier molecular flexibility index (Phi) is 3.96. The molecule has 0 aliphatic carbocycles. The second kappa shape index (κ2) is 6.32. The smallest absolute Gasteiger partial charge is 0.254 e. The van der Waals surface area contributed by atoms with Crippen LogP contribution in [0.25, 0.3) is 22.4 Å². The standard InChI is InChI=1S/C20H16FN5O/c1-11(2)26-10-13(8-24-26)14-6-16(25-17-9-23-20(27)19(14)17)18-12(7-22)4-3-5-15(18)21/h3-6,8,10-11H,9H2,1-2H3,(H,23,27). The van der Waals surface area contributed by atoms with Gasteiger partial charge in [0.2, 0.25) is 0 Å². The van der Waals surface area contributed by atoms with Crippen LogP contribution in [0.2, 0.25) is 0 Å². The lowest BCUT2D eigenvalue weighted by molar-refractivity contribution is 0.0966. The molecule has 0 bridgehead atoms. The first-order valence-corrected chi connectivity index (χ1v) is 8.55. The molecule has 3 aromatic rings. The van der Waals surface area contributed by atoms with Gasteiger partial charge < -0.3 is 5.32 Å². The molecule has 3 heterocycles. The number of carbonyl (C=O) groups excluding carboxylic acids is 1. The summed E-state index contributed by atoms with van der Waals surface area (Å²) in [4.78, 5) is 16.8. The molecule has 1 amide bonds. The van der Waals surface area contributed by atoms with E-state index in [1.54, 1.807) is 23.0 Å². The lowest BCUT2D eigenvalue weighted by atomic mass is 9.97. The molecule has 0 radical (unpaired) electrons. The molecule has 0 atom stereocenters. The van der Waals surface area contributed by atoms with Gasteiger partial charge in [-0.2, -0.15) is 10.4 Å². The SMILES string of the molecule is CC(C)n1cc(-c2cc(-c3c(F)cccc3C#N)nc3c2C(=O)NC3)cn1. The number of nitriles is 1. The normalized spacial score (nSPS) is 12.8. The maximum atomic E-state index is 14.5. The zero-order chi connectivity index (χ0) is 19.1. The predicted octanol–water partition coefficient (Wildman–Crippen LogP) is 3.45. The van der Waals surface area contributed by atoms with Crippen molar-refractivity contribution in [3.8, 4) is 28.5 Å². The minimum atomic E-state index is -0.525. The summed E-state index contributed by atoms with van der Waals surface area (Å²) in [6.45, 7) is 4.28. The van der Waals surface area contributed by atoms with Crippen LogP contribution in [0.4, 0.5) is 4.39 Å². The maximum absolute atomic E-state index is 14.5. The predicted molar refractivity (Wildman–Crippen MR) is 97.1 cm³/mol. The van der Waals surface area contributed by atoms with Crippen molar-refractivity contribution in [1.82, 2.24) is 20.1 Å². The highest BCUT2D eigenvalue weighted by Crippen LogP contribution is 2.34. The van der Waals surface area contributed by atoms with E-state index in [0.717, 1.165) is 5.56 Å². The molecule has 0 saturated carbocycles. The molecule has 1 aliphatic heterocycles. The number of pyridine rings is 1. The summed E-state index contributed by atoms with van der Waals surface area (Å²) < 4.78 is 16.3. The third-order valence-corrected chi connectivity index (χ3v) is 4.57. The summed E-state index contributed by atoms with van der Waals surface area (Å²) in [6.07, 6.45) is 3.53. The van der Waals surface area contributed by atoms with Crippen molar-refractivity contribution >= 4 is 5.91 Å². The zero-order valence-electron chi connectivity index (χ0n) is 14.8. The highest BCUT2D eigenvalue weighted by Gasteiger charge is 2.27. The summed E-state index contributed by atoms with van der Waals surface area (Å²) in [7, 11) is 0. The Morgan fingerprint density at radius 3 is 2.85 bits per heavy atom. The number of nitrogens with zero attached hydrogens (tertiary/aromatic N) is 4. The van der Waals surface area contributed by atoms with Crippen molar-refractivity contribution in [1.29, 1.82) is 5.26 Å². The summed E-state index contributed by atoms with van der Waals surface area (Å²) in [5, 5.41) is 16.5. The van der Waals surface area contributed by atoms with Crippen LogP contribution in [0, 0.1) is 17.1 Å². The van der Waals surface area contributed by atoms with Crippen molar-refractivity contribution in [3.63, 3.8) is 0 Å². The Bertz CT molecular complexity index is 1110. The van der Waals surface area contributed by atoms with Gasteiger partial charge >= 0.3 is 0 Å². The van der Waals surface area contributed by atoms with Crippen LogP contribution in [0.1, 0.15) is 41.5 Å². The molecule has 0 saturated heterocycles. The number of carbonyl (C=O) groups is 1. The summed E-state index contributed by atoms with van der Waals surface area (Å²) in [5.41, 5.74) is 3.05. The fraction of sp³-hybridized carbons (Fsp3) is 0.200. The molecule has 1 aromatic carbocycles. The van der Waals surface area contributed by atoms with E-state index in [-0.39, 0.29) is 29.6 Å². The molecule has 1 aliphatic rings. The number of amides is 1. The van der Waals surface area contributed by atoms with Gasteiger partial charge in [-0.1, -0.05) is 6.07 Å². The average Bonchev–Trinajstić information content (AvgIpc) is 3.28. The highest BCUT2D eigenvalue weighted by molar-refractivity contribution is 6.04. The first-order chi connectivity index (χ1) is 13.0. The zero-order valence-corrected chi connectivity index (χ0v) is 14.8. The van der Waals surface area contributed by atoms with Crippen LogP contribution in [0.5, 0.6) is 0 Å². The van der Waals surface area contributed by atoms with Gasteiger partial charge in [0, 0.05) is 23.4 Å². The first-order valence-electron chi connectivity index (χ1n) is 8.55. The Morgan fingerprint density at radius 2 is 2.15 bits per heavy atom. The van der Waals surface area contributed by atoms with Gasteiger partial charge in [-0.15, -0.1) is 0 Å². The molecule has 4 rings (SSSR count). The fourth-order valence-electron chi connectivity index (χ4n) is 3.22. The van der Waals surface area contributed by atoms with Gasteiger partial charge in [0.1, 0.15) is 5.82 Å². The highest BCUT2D eigenvalue weighted by atomic mass is 19.1. The molecule has 0 fully saturated rings. The Hall–Kier alpha value is -3.53. The van der Waals surface area contributed by atoms with Crippen molar-refractivity contribution in [3.05, 3.63) is 59.3 Å². The molecule has 7 heteroatoms. The van der Waals surface area contributed by atoms with Crippen LogP contribution in [0.3, 0.4) is 0 Å². The Labute approximate surface area is 155 Å². The monoisotopic (exact) mass is 361 g/mol. The number of fused-ring (bicyclic) bond motifs is 1. The van der Waals surface area contributed by atoms with Crippen molar-refractivity contribution in [2.45, 2.75) is 26.4 Å². The minimum absolute atomic E-state index is 0.139. The first kappa shape index (κ1) is 16.9. The van der Waals surface area contributed by atoms with E-state index < -0.39 is 5.82 Å². The fourth-order valence-corrected chi connectivity index (χ4v) is 3.22. The molecule has 2 aromatic heterocycles. The number of hydrogen-bond donors (Lipinski definition) is 1. The molecule has 0 spiro atoms. The maximum Gasteiger partial charge on any atom is 0.254 e. The van der Waals surface area contributed by atoms with Gasteiger partial charge in [0.25, 0.3) is 5.91 Å². The number of hydrogen-bond acceptors (Lipinski definition) is 4.